The molecule has 4 nitrogen and oxygen atoms in total. The zero-order valence-electron chi connectivity index (χ0n) is 12.9. The van der Waals surface area contributed by atoms with Crippen LogP contribution in [-0.2, 0) is 0 Å². The number of halogens is 1. The maximum atomic E-state index is 3.62. The summed E-state index contributed by atoms with van der Waals surface area (Å²) in [4.78, 5) is 0. The average Bonchev–Trinajstić information content (AvgIpc) is 3.19. The Kier molecular flexibility index (Phi) is 4.30. The molecule has 1 fully saturated rings. The van der Waals surface area contributed by atoms with Crippen molar-refractivity contribution in [1.82, 2.24) is 16.0 Å². The SMILES string of the molecule is CC1CC(c2ccccc2)C(=C2NCCN2)C2=[N+]1CCN2.[Cl-]. The number of hydrogen-bond donors (Lipinski definition) is 3. The highest BCUT2D eigenvalue weighted by Gasteiger charge is 2.41. The quantitative estimate of drug-likeness (QED) is 0.524. The first kappa shape index (κ1) is 15.2. The van der Waals surface area contributed by atoms with Crippen LogP contribution < -0.4 is 28.4 Å². The number of rotatable bonds is 1. The van der Waals surface area contributed by atoms with Crippen LogP contribution in [0, 0.1) is 0 Å². The van der Waals surface area contributed by atoms with Gasteiger partial charge in [0.05, 0.1) is 11.6 Å². The molecule has 0 radical (unpaired) electrons. The highest BCUT2D eigenvalue weighted by Crippen LogP contribution is 2.35. The fourth-order valence-corrected chi connectivity index (χ4v) is 3.86. The molecule has 0 saturated carbocycles. The second-order valence-corrected chi connectivity index (χ2v) is 6.16. The Morgan fingerprint density at radius 1 is 1.00 bits per heavy atom. The third-order valence-corrected chi connectivity index (χ3v) is 4.84. The molecule has 0 spiro atoms. The molecule has 3 N–H and O–H groups in total. The molecule has 0 aliphatic carbocycles. The van der Waals surface area contributed by atoms with E-state index in [1.54, 1.807) is 0 Å². The average molecular weight is 319 g/mol. The Balaban J connectivity index is 0.00000144. The first-order chi connectivity index (χ1) is 10.3. The van der Waals surface area contributed by atoms with Crippen molar-refractivity contribution in [3.8, 4) is 0 Å². The molecule has 2 unspecified atom stereocenters. The van der Waals surface area contributed by atoms with E-state index in [0.717, 1.165) is 26.2 Å². The topological polar surface area (TPSA) is 39.1 Å². The lowest BCUT2D eigenvalue weighted by atomic mass is 9.82. The molecule has 0 bridgehead atoms. The smallest absolute Gasteiger partial charge is 0.277 e. The van der Waals surface area contributed by atoms with Crippen molar-refractivity contribution < 1.29 is 17.0 Å². The van der Waals surface area contributed by atoms with Crippen molar-refractivity contribution in [2.45, 2.75) is 25.3 Å². The van der Waals surface area contributed by atoms with Gasteiger partial charge in [-0.05, 0) is 18.9 Å². The van der Waals surface area contributed by atoms with Gasteiger partial charge in [0.2, 0.25) is 0 Å². The molecule has 1 aromatic carbocycles. The van der Waals surface area contributed by atoms with Gasteiger partial charge in [0.25, 0.3) is 5.84 Å². The predicted molar refractivity (Wildman–Crippen MR) is 84.4 cm³/mol. The van der Waals surface area contributed by atoms with Crippen LogP contribution >= 0.6 is 0 Å². The second-order valence-electron chi connectivity index (χ2n) is 6.16. The lowest BCUT2D eigenvalue weighted by molar-refractivity contribution is -0.557. The first-order valence-corrected chi connectivity index (χ1v) is 7.99. The van der Waals surface area contributed by atoms with Crippen molar-refractivity contribution in [2.75, 3.05) is 26.2 Å². The van der Waals surface area contributed by atoms with Crippen LogP contribution in [-0.4, -0.2) is 42.6 Å². The van der Waals surface area contributed by atoms with E-state index in [9.17, 15) is 0 Å². The van der Waals surface area contributed by atoms with E-state index >= 15 is 0 Å². The fraction of sp³-hybridized carbons (Fsp3) is 0.471. The van der Waals surface area contributed by atoms with Gasteiger partial charge >= 0.3 is 0 Å². The van der Waals surface area contributed by atoms with E-state index in [2.05, 4.69) is 57.8 Å². The van der Waals surface area contributed by atoms with Gasteiger partial charge < -0.3 is 23.0 Å². The van der Waals surface area contributed by atoms with Gasteiger partial charge in [0.15, 0.2) is 0 Å². The minimum atomic E-state index is 0. The number of nitrogens with zero attached hydrogens (tertiary/aromatic N) is 1. The van der Waals surface area contributed by atoms with Gasteiger partial charge in [-0.2, -0.15) is 0 Å². The van der Waals surface area contributed by atoms with Crippen LogP contribution in [0.2, 0.25) is 0 Å². The molecule has 1 saturated heterocycles. The summed E-state index contributed by atoms with van der Waals surface area (Å²) in [6.07, 6.45) is 1.18. The van der Waals surface area contributed by atoms with Gasteiger partial charge in [-0.1, -0.05) is 30.3 Å². The van der Waals surface area contributed by atoms with Gasteiger partial charge in [-0.3, -0.25) is 9.89 Å². The molecule has 1 aromatic rings. The van der Waals surface area contributed by atoms with E-state index in [4.69, 9.17) is 0 Å². The van der Waals surface area contributed by atoms with E-state index in [0.29, 0.717) is 12.0 Å². The highest BCUT2D eigenvalue weighted by atomic mass is 35.5. The van der Waals surface area contributed by atoms with Gasteiger partial charge in [0.1, 0.15) is 18.9 Å². The monoisotopic (exact) mass is 318 g/mol. The maximum absolute atomic E-state index is 3.62. The Morgan fingerprint density at radius 3 is 2.45 bits per heavy atom. The first-order valence-electron chi connectivity index (χ1n) is 7.99. The molecule has 3 heterocycles. The Labute approximate surface area is 138 Å². The second kappa shape index (κ2) is 6.21. The van der Waals surface area contributed by atoms with Crippen molar-refractivity contribution in [3.63, 3.8) is 0 Å². The summed E-state index contributed by atoms with van der Waals surface area (Å²) in [6.45, 7) is 6.55. The molecular weight excluding hydrogens is 296 g/mol. The largest absolute Gasteiger partial charge is 1.00 e. The predicted octanol–water partition coefficient (Wildman–Crippen LogP) is -2.01. The highest BCUT2D eigenvalue weighted by molar-refractivity contribution is 5.97. The molecule has 5 heteroatoms. The lowest BCUT2D eigenvalue weighted by Gasteiger charge is -2.29. The molecule has 118 valence electrons. The summed E-state index contributed by atoms with van der Waals surface area (Å²) in [6, 6.07) is 11.5. The number of nitrogens with one attached hydrogen (secondary N) is 3. The van der Waals surface area contributed by atoms with E-state index in [1.807, 2.05) is 0 Å². The van der Waals surface area contributed by atoms with Crippen LogP contribution in [0.25, 0.3) is 0 Å². The summed E-state index contributed by atoms with van der Waals surface area (Å²) in [5.74, 6) is 3.02. The Morgan fingerprint density at radius 2 is 1.73 bits per heavy atom. The molecule has 0 aromatic heterocycles. The van der Waals surface area contributed by atoms with E-state index < -0.39 is 0 Å². The summed E-state index contributed by atoms with van der Waals surface area (Å²) in [5, 5.41) is 10.7. The standard InChI is InChI=1S/C17H22N4.ClH/c1-12-11-14(13-5-3-2-4-6-13)15(16-18-7-8-19-16)17-20-9-10-21(12)17;/h2-6,12,14H,7-11H2,1H3,(H2,18,19,20);1H. The van der Waals surface area contributed by atoms with Crippen molar-refractivity contribution in [2.24, 2.45) is 0 Å². The zero-order valence-corrected chi connectivity index (χ0v) is 13.7. The zero-order chi connectivity index (χ0) is 14.2. The Bertz CT molecular complexity index is 600. The molecule has 3 aliphatic rings. The number of benzene rings is 1. The van der Waals surface area contributed by atoms with Crippen LogP contribution in [0.1, 0.15) is 24.8 Å². The van der Waals surface area contributed by atoms with E-state index in [-0.39, 0.29) is 12.4 Å². The molecule has 0 amide bonds. The summed E-state index contributed by atoms with van der Waals surface area (Å²) in [5.41, 5.74) is 2.84. The van der Waals surface area contributed by atoms with Crippen molar-refractivity contribution in [1.29, 1.82) is 0 Å². The third kappa shape index (κ3) is 2.45. The van der Waals surface area contributed by atoms with E-state index in [1.165, 1.54) is 29.2 Å². The van der Waals surface area contributed by atoms with Gasteiger partial charge in [0, 0.05) is 19.0 Å². The molecular formula is C17H23ClN4. The molecule has 2 atom stereocenters. The third-order valence-electron chi connectivity index (χ3n) is 4.84. The Hall–Kier alpha value is -1.68. The van der Waals surface area contributed by atoms with Crippen LogP contribution in [0.3, 0.4) is 0 Å². The molecule has 3 aliphatic heterocycles. The lowest BCUT2D eigenvalue weighted by Crippen LogP contribution is -3.00. The summed E-state index contributed by atoms with van der Waals surface area (Å²) < 4.78 is 2.53. The maximum Gasteiger partial charge on any atom is 0.277 e. The number of amidine groups is 1. The minimum absolute atomic E-state index is 0. The summed E-state index contributed by atoms with van der Waals surface area (Å²) in [7, 11) is 0. The fourth-order valence-electron chi connectivity index (χ4n) is 3.86. The van der Waals surface area contributed by atoms with Gasteiger partial charge in [-0.25, -0.2) is 0 Å². The van der Waals surface area contributed by atoms with Gasteiger partial charge in [-0.15, -0.1) is 0 Å². The normalized spacial score (nSPS) is 26.8. The summed E-state index contributed by atoms with van der Waals surface area (Å²) >= 11 is 0. The van der Waals surface area contributed by atoms with Crippen LogP contribution in [0.4, 0.5) is 0 Å². The minimum Gasteiger partial charge on any atom is -1.00 e. The molecule has 22 heavy (non-hydrogen) atoms. The molecule has 4 rings (SSSR count). The number of hydrogen-bond acceptors (Lipinski definition) is 3. The van der Waals surface area contributed by atoms with Crippen molar-refractivity contribution >= 4 is 5.84 Å². The van der Waals surface area contributed by atoms with Crippen LogP contribution in [0.15, 0.2) is 41.7 Å². The van der Waals surface area contributed by atoms with Crippen LogP contribution in [0.5, 0.6) is 0 Å². The van der Waals surface area contributed by atoms with Crippen molar-refractivity contribution in [3.05, 3.63) is 47.3 Å².